The van der Waals surface area contributed by atoms with Gasteiger partial charge in [-0.3, -0.25) is 9.78 Å². The summed E-state index contributed by atoms with van der Waals surface area (Å²) in [5.74, 6) is -0.997. The molecule has 0 saturated heterocycles. The van der Waals surface area contributed by atoms with Crippen LogP contribution in [0.4, 0.5) is 19.1 Å². The lowest BCUT2D eigenvalue weighted by Gasteiger charge is -2.07. The number of nitrogens with one attached hydrogen (secondary N) is 2. The molecule has 9 heteroatoms. The molecule has 0 saturated carbocycles. The highest BCUT2D eigenvalue weighted by molar-refractivity contribution is 5.82. The van der Waals surface area contributed by atoms with E-state index in [4.69, 9.17) is 0 Å². The smallest absolute Gasteiger partial charge is 0.270 e. The summed E-state index contributed by atoms with van der Waals surface area (Å²) in [5, 5.41) is 12.9. The van der Waals surface area contributed by atoms with E-state index in [0.29, 0.717) is 5.56 Å². The van der Waals surface area contributed by atoms with Gasteiger partial charge in [0.25, 0.3) is 12.0 Å². The largest absolute Gasteiger partial charge is 0.290 e. The molecule has 0 aliphatic rings. The van der Waals surface area contributed by atoms with Crippen LogP contribution in [0.2, 0.25) is 0 Å². The van der Waals surface area contributed by atoms with Crippen LogP contribution in [0, 0.1) is 17.1 Å². The Balaban J connectivity index is 1.95. The van der Waals surface area contributed by atoms with Gasteiger partial charge in [0.1, 0.15) is 17.4 Å². The highest BCUT2D eigenvalue weighted by Gasteiger charge is 2.15. The molecule has 2 N–H and O–H groups in total. The molecule has 3 aromatic rings. The number of rotatable bonds is 5. The van der Waals surface area contributed by atoms with Gasteiger partial charge in [0, 0.05) is 16.7 Å². The lowest BCUT2D eigenvalue weighted by molar-refractivity contribution is 0.151. The second-order valence-electron chi connectivity index (χ2n) is 5.53. The number of H-pyrrole nitrogens is 1. The zero-order valence-corrected chi connectivity index (χ0v) is 14.2. The third kappa shape index (κ3) is 3.91. The molecule has 1 aromatic heterocycles. The third-order valence-electron chi connectivity index (χ3n) is 3.76. The van der Waals surface area contributed by atoms with Crippen molar-refractivity contribution < 1.29 is 13.2 Å². The maximum Gasteiger partial charge on any atom is 0.270 e. The summed E-state index contributed by atoms with van der Waals surface area (Å²) < 4.78 is 39.8. The van der Waals surface area contributed by atoms with E-state index >= 15 is 0 Å². The molecule has 0 radical (unpaired) electrons. The van der Waals surface area contributed by atoms with Crippen LogP contribution in [-0.2, 0) is 0 Å². The van der Waals surface area contributed by atoms with E-state index in [1.807, 2.05) is 0 Å². The topological polar surface area (TPSA) is 93.9 Å². The van der Waals surface area contributed by atoms with E-state index in [0.717, 1.165) is 18.3 Å². The van der Waals surface area contributed by atoms with Crippen molar-refractivity contribution in [3.63, 3.8) is 0 Å². The number of alkyl halides is 2. The molecule has 0 aliphatic heterocycles. The van der Waals surface area contributed by atoms with Crippen LogP contribution in [0.25, 0.3) is 11.3 Å². The Hall–Kier alpha value is -3.93. The van der Waals surface area contributed by atoms with Crippen LogP contribution >= 0.6 is 0 Å². The number of nitrogens with zero attached hydrogens (tertiary/aromatic N) is 3. The van der Waals surface area contributed by atoms with Crippen molar-refractivity contribution >= 4 is 12.2 Å². The maximum absolute atomic E-state index is 13.8. The summed E-state index contributed by atoms with van der Waals surface area (Å²) >= 11 is 0. The van der Waals surface area contributed by atoms with Gasteiger partial charge in [-0.15, -0.1) is 0 Å². The molecule has 1 heterocycles. The summed E-state index contributed by atoms with van der Waals surface area (Å²) in [4.78, 5) is 18.6. The molecular weight excluding hydrogens is 371 g/mol. The van der Waals surface area contributed by atoms with Crippen molar-refractivity contribution in [3.05, 3.63) is 81.4 Å². The van der Waals surface area contributed by atoms with Crippen molar-refractivity contribution in [2.24, 2.45) is 5.10 Å². The fourth-order valence-electron chi connectivity index (χ4n) is 2.47. The van der Waals surface area contributed by atoms with Crippen LogP contribution in [0.1, 0.15) is 23.1 Å². The second kappa shape index (κ2) is 8.18. The Morgan fingerprint density at radius 2 is 1.93 bits per heavy atom. The van der Waals surface area contributed by atoms with Crippen LogP contribution < -0.4 is 11.0 Å². The second-order valence-corrected chi connectivity index (χ2v) is 5.53. The van der Waals surface area contributed by atoms with Crippen molar-refractivity contribution in [2.45, 2.75) is 6.43 Å². The Labute approximate surface area is 157 Å². The lowest BCUT2D eigenvalue weighted by atomic mass is 10.1. The number of benzene rings is 2. The Kier molecular flexibility index (Phi) is 5.50. The average Bonchev–Trinajstić information content (AvgIpc) is 2.69. The van der Waals surface area contributed by atoms with Crippen LogP contribution in [0.15, 0.2) is 58.4 Å². The number of hydrogen-bond donors (Lipinski definition) is 2. The molecule has 3 rings (SSSR count). The highest BCUT2D eigenvalue weighted by atomic mass is 19.3. The minimum atomic E-state index is -2.88. The molecular formula is C19H12F3N5O. The lowest BCUT2D eigenvalue weighted by Crippen LogP contribution is -2.16. The molecule has 0 unspecified atom stereocenters. The summed E-state index contributed by atoms with van der Waals surface area (Å²) in [5.41, 5.74) is 1.24. The van der Waals surface area contributed by atoms with Gasteiger partial charge in [0.2, 0.25) is 5.95 Å². The van der Waals surface area contributed by atoms with Gasteiger partial charge >= 0.3 is 0 Å². The number of hydrogen-bond acceptors (Lipinski definition) is 5. The van der Waals surface area contributed by atoms with Crippen molar-refractivity contribution in [3.8, 4) is 17.3 Å². The molecule has 0 aliphatic carbocycles. The molecule has 28 heavy (non-hydrogen) atoms. The Morgan fingerprint density at radius 1 is 1.18 bits per heavy atom. The fraction of sp³-hybridized carbons (Fsp3) is 0.0526. The monoisotopic (exact) mass is 383 g/mol. The number of anilines is 1. The number of halogens is 3. The number of nitriles is 1. The minimum Gasteiger partial charge on any atom is -0.290 e. The molecule has 0 fully saturated rings. The molecule has 0 bridgehead atoms. The zero-order chi connectivity index (χ0) is 20.1. The summed E-state index contributed by atoms with van der Waals surface area (Å²) in [6, 6.07) is 13.6. The van der Waals surface area contributed by atoms with Crippen molar-refractivity contribution in [1.29, 1.82) is 5.26 Å². The third-order valence-corrected chi connectivity index (χ3v) is 3.76. The summed E-state index contributed by atoms with van der Waals surface area (Å²) in [6.45, 7) is 0. The first-order valence-corrected chi connectivity index (χ1v) is 7.96. The fourth-order valence-corrected chi connectivity index (χ4v) is 2.47. The van der Waals surface area contributed by atoms with Crippen LogP contribution in [0.3, 0.4) is 0 Å². The van der Waals surface area contributed by atoms with Crippen molar-refractivity contribution in [1.82, 2.24) is 9.97 Å². The van der Waals surface area contributed by atoms with E-state index in [2.05, 4.69) is 20.5 Å². The van der Waals surface area contributed by atoms with Gasteiger partial charge in [-0.25, -0.2) is 23.6 Å². The minimum absolute atomic E-state index is 0.128. The standard InChI is InChI=1S/C19H12F3N5O/c20-15-8-4-7-12(17(21)22)14(15)10-24-27-19-25-16(11-5-2-1-3-6-11)13(9-23)18(28)26-19/h1-8,10,17H,(H2,25,26,27,28). The van der Waals surface area contributed by atoms with Crippen LogP contribution in [0.5, 0.6) is 0 Å². The number of aromatic nitrogens is 2. The zero-order valence-electron chi connectivity index (χ0n) is 14.2. The van der Waals surface area contributed by atoms with Crippen LogP contribution in [-0.4, -0.2) is 16.2 Å². The van der Waals surface area contributed by atoms with E-state index in [1.165, 1.54) is 6.07 Å². The van der Waals surface area contributed by atoms with Gasteiger partial charge in [-0.05, 0) is 6.07 Å². The van der Waals surface area contributed by atoms with Gasteiger partial charge in [-0.2, -0.15) is 10.4 Å². The molecule has 2 aromatic carbocycles. The summed E-state index contributed by atoms with van der Waals surface area (Å²) in [7, 11) is 0. The molecule has 0 spiro atoms. The van der Waals surface area contributed by atoms with E-state index < -0.39 is 23.4 Å². The normalized spacial score (nSPS) is 11.0. The summed E-state index contributed by atoms with van der Waals surface area (Å²) in [6.07, 6.45) is -2.01. The molecule has 6 nitrogen and oxygen atoms in total. The quantitative estimate of drug-likeness (QED) is 0.517. The first kappa shape index (κ1) is 18.8. The SMILES string of the molecule is N#Cc1c(-c2ccccc2)nc(NN=Cc2c(F)cccc2C(F)F)[nH]c1=O. The molecule has 0 atom stereocenters. The number of hydrazone groups is 1. The van der Waals surface area contributed by atoms with Gasteiger partial charge in [-0.1, -0.05) is 42.5 Å². The Bertz CT molecular complexity index is 1120. The molecule has 140 valence electrons. The highest BCUT2D eigenvalue weighted by Crippen LogP contribution is 2.23. The van der Waals surface area contributed by atoms with Crippen molar-refractivity contribution in [2.75, 3.05) is 5.43 Å². The maximum atomic E-state index is 13.8. The number of aromatic amines is 1. The Morgan fingerprint density at radius 3 is 2.61 bits per heavy atom. The van der Waals surface area contributed by atoms with E-state index in [1.54, 1.807) is 36.4 Å². The molecule has 0 amide bonds. The average molecular weight is 383 g/mol. The van der Waals surface area contributed by atoms with E-state index in [-0.39, 0.29) is 22.8 Å². The van der Waals surface area contributed by atoms with Gasteiger partial charge < -0.3 is 0 Å². The van der Waals surface area contributed by atoms with Gasteiger partial charge in [0.15, 0.2) is 0 Å². The first-order chi connectivity index (χ1) is 13.5. The van der Waals surface area contributed by atoms with E-state index in [9.17, 15) is 23.2 Å². The first-order valence-electron chi connectivity index (χ1n) is 7.96. The van der Waals surface area contributed by atoms with Gasteiger partial charge in [0.05, 0.1) is 11.9 Å². The predicted octanol–water partition coefficient (Wildman–Crippen LogP) is 3.83. The predicted molar refractivity (Wildman–Crippen MR) is 97.6 cm³/mol.